The van der Waals surface area contributed by atoms with Crippen LogP contribution in [0.1, 0.15) is 40.1 Å². The number of hydrogen-bond acceptors (Lipinski definition) is 2. The van der Waals surface area contributed by atoms with Gasteiger partial charge in [-0.2, -0.15) is 0 Å². The molecule has 2 amide bonds. The first-order valence-corrected chi connectivity index (χ1v) is 7.39. The van der Waals surface area contributed by atoms with Crippen molar-refractivity contribution >= 4 is 11.8 Å². The lowest BCUT2D eigenvalue weighted by Gasteiger charge is -2.10. The summed E-state index contributed by atoms with van der Waals surface area (Å²) in [6, 6.07) is 12.5. The van der Waals surface area contributed by atoms with Crippen LogP contribution in [0.5, 0.6) is 0 Å². The minimum absolute atomic E-state index is 0.0264. The average molecular weight is 314 g/mol. The lowest BCUT2D eigenvalue weighted by Crippen LogP contribution is -2.30. The van der Waals surface area contributed by atoms with E-state index in [4.69, 9.17) is 0 Å². The smallest absolute Gasteiger partial charge is 0.251 e. The van der Waals surface area contributed by atoms with Crippen LogP contribution in [0.4, 0.5) is 4.39 Å². The summed E-state index contributed by atoms with van der Waals surface area (Å²) in [4.78, 5) is 24.1. The van der Waals surface area contributed by atoms with Gasteiger partial charge in [-0.3, -0.25) is 9.59 Å². The summed E-state index contributed by atoms with van der Waals surface area (Å²) in [5.74, 6) is -0.814. The van der Waals surface area contributed by atoms with E-state index >= 15 is 0 Å². The number of amides is 2. The summed E-state index contributed by atoms with van der Waals surface area (Å²) in [5, 5.41) is 5.53. The van der Waals surface area contributed by atoms with Gasteiger partial charge in [-0.1, -0.05) is 18.2 Å². The second-order valence-corrected chi connectivity index (χ2v) is 5.52. The van der Waals surface area contributed by atoms with Gasteiger partial charge in [0.05, 0.1) is 0 Å². The van der Waals surface area contributed by atoms with Gasteiger partial charge >= 0.3 is 0 Å². The summed E-state index contributed by atoms with van der Waals surface area (Å²) in [7, 11) is 0. The standard InChI is InChI=1S/C18H19FN2O2/c1-12(2)21-18(23)15-5-3-4-14(10-15)17(22)20-11-13-6-8-16(19)9-7-13/h3-10,12H,11H2,1-2H3,(H,20,22)(H,21,23). The fraction of sp³-hybridized carbons (Fsp3) is 0.222. The van der Waals surface area contributed by atoms with E-state index in [1.54, 1.807) is 36.4 Å². The van der Waals surface area contributed by atoms with Crippen LogP contribution in [0.15, 0.2) is 48.5 Å². The molecule has 0 aromatic heterocycles. The van der Waals surface area contributed by atoms with E-state index in [9.17, 15) is 14.0 Å². The third-order valence-corrected chi connectivity index (χ3v) is 3.17. The van der Waals surface area contributed by atoms with E-state index in [-0.39, 0.29) is 23.7 Å². The highest BCUT2D eigenvalue weighted by Crippen LogP contribution is 2.07. The Bertz CT molecular complexity index is 696. The lowest BCUT2D eigenvalue weighted by atomic mass is 10.1. The van der Waals surface area contributed by atoms with Gasteiger partial charge in [0.2, 0.25) is 0 Å². The summed E-state index contributed by atoms with van der Waals surface area (Å²) < 4.78 is 12.8. The van der Waals surface area contributed by atoms with Gasteiger partial charge in [0.25, 0.3) is 11.8 Å². The van der Waals surface area contributed by atoms with Crippen LogP contribution < -0.4 is 10.6 Å². The topological polar surface area (TPSA) is 58.2 Å². The number of rotatable bonds is 5. The number of nitrogens with one attached hydrogen (secondary N) is 2. The van der Waals surface area contributed by atoms with Gasteiger partial charge in [0, 0.05) is 23.7 Å². The van der Waals surface area contributed by atoms with Gasteiger partial charge in [0.1, 0.15) is 5.82 Å². The van der Waals surface area contributed by atoms with Crippen molar-refractivity contribution in [2.75, 3.05) is 0 Å². The number of halogens is 1. The lowest BCUT2D eigenvalue weighted by molar-refractivity contribution is 0.0943. The van der Waals surface area contributed by atoms with Gasteiger partial charge < -0.3 is 10.6 Å². The maximum Gasteiger partial charge on any atom is 0.251 e. The monoisotopic (exact) mass is 314 g/mol. The molecule has 0 fully saturated rings. The normalized spacial score (nSPS) is 10.4. The second kappa shape index (κ2) is 7.54. The Hall–Kier alpha value is -2.69. The molecule has 0 aliphatic heterocycles. The molecule has 0 spiro atoms. The Morgan fingerprint density at radius 2 is 1.61 bits per heavy atom. The maximum atomic E-state index is 12.8. The van der Waals surface area contributed by atoms with Crippen LogP contribution in [-0.2, 0) is 6.54 Å². The molecular formula is C18H19FN2O2. The molecule has 4 nitrogen and oxygen atoms in total. The highest BCUT2D eigenvalue weighted by Gasteiger charge is 2.11. The Morgan fingerprint density at radius 1 is 1.00 bits per heavy atom. The first-order valence-electron chi connectivity index (χ1n) is 7.39. The van der Waals surface area contributed by atoms with Gasteiger partial charge in [-0.15, -0.1) is 0 Å². The molecule has 2 rings (SSSR count). The van der Waals surface area contributed by atoms with Crippen molar-refractivity contribution in [1.82, 2.24) is 10.6 Å². The number of benzene rings is 2. The van der Waals surface area contributed by atoms with Gasteiger partial charge in [0.15, 0.2) is 0 Å². The molecule has 2 N–H and O–H groups in total. The van der Waals surface area contributed by atoms with Crippen molar-refractivity contribution < 1.29 is 14.0 Å². The van der Waals surface area contributed by atoms with E-state index in [0.717, 1.165) is 5.56 Å². The SMILES string of the molecule is CC(C)NC(=O)c1cccc(C(=O)NCc2ccc(F)cc2)c1. The van der Waals surface area contributed by atoms with E-state index in [0.29, 0.717) is 17.7 Å². The average Bonchev–Trinajstić information content (AvgIpc) is 2.53. The molecule has 0 bridgehead atoms. The summed E-state index contributed by atoms with van der Waals surface area (Å²) in [6.07, 6.45) is 0. The molecule has 23 heavy (non-hydrogen) atoms. The van der Waals surface area contributed by atoms with Crippen molar-refractivity contribution in [3.05, 3.63) is 71.0 Å². The highest BCUT2D eigenvalue weighted by molar-refractivity contribution is 5.99. The van der Waals surface area contributed by atoms with Crippen molar-refractivity contribution in [3.63, 3.8) is 0 Å². The van der Waals surface area contributed by atoms with Crippen LogP contribution >= 0.6 is 0 Å². The molecule has 0 saturated carbocycles. The minimum atomic E-state index is -0.316. The predicted octanol–water partition coefficient (Wildman–Crippen LogP) is 2.89. The quantitative estimate of drug-likeness (QED) is 0.891. The van der Waals surface area contributed by atoms with Crippen LogP contribution in [0.2, 0.25) is 0 Å². The van der Waals surface area contributed by atoms with Crippen molar-refractivity contribution in [2.24, 2.45) is 0 Å². The summed E-state index contributed by atoms with van der Waals surface area (Å²) in [6.45, 7) is 4.04. The van der Waals surface area contributed by atoms with Crippen LogP contribution in [0, 0.1) is 5.82 Å². The van der Waals surface area contributed by atoms with Gasteiger partial charge in [-0.05, 0) is 49.7 Å². The number of carbonyl (C=O) groups is 2. The Morgan fingerprint density at radius 3 is 2.22 bits per heavy atom. The van der Waals surface area contributed by atoms with Crippen LogP contribution in [0.3, 0.4) is 0 Å². The molecule has 0 radical (unpaired) electrons. The zero-order valence-electron chi connectivity index (χ0n) is 13.1. The molecule has 0 unspecified atom stereocenters. The third-order valence-electron chi connectivity index (χ3n) is 3.17. The van der Waals surface area contributed by atoms with E-state index in [1.165, 1.54) is 12.1 Å². The molecular weight excluding hydrogens is 295 g/mol. The number of hydrogen-bond donors (Lipinski definition) is 2. The molecule has 0 saturated heterocycles. The molecule has 0 aliphatic rings. The Kier molecular flexibility index (Phi) is 5.46. The van der Waals surface area contributed by atoms with Crippen LogP contribution in [-0.4, -0.2) is 17.9 Å². The second-order valence-electron chi connectivity index (χ2n) is 5.52. The van der Waals surface area contributed by atoms with Crippen LogP contribution in [0.25, 0.3) is 0 Å². The molecule has 120 valence electrons. The fourth-order valence-corrected chi connectivity index (χ4v) is 2.03. The zero-order chi connectivity index (χ0) is 16.8. The van der Waals surface area contributed by atoms with E-state index in [1.807, 2.05) is 13.8 Å². The summed E-state index contributed by atoms with van der Waals surface area (Å²) in [5.41, 5.74) is 1.64. The van der Waals surface area contributed by atoms with Crippen molar-refractivity contribution in [3.8, 4) is 0 Å². The molecule has 2 aromatic carbocycles. The first kappa shape index (κ1) is 16.7. The maximum absolute atomic E-state index is 12.8. The first-order chi connectivity index (χ1) is 11.0. The number of carbonyl (C=O) groups excluding carboxylic acids is 2. The third kappa shape index (κ3) is 4.92. The highest BCUT2D eigenvalue weighted by atomic mass is 19.1. The predicted molar refractivity (Wildman–Crippen MR) is 86.6 cm³/mol. The van der Waals surface area contributed by atoms with E-state index < -0.39 is 0 Å². The summed E-state index contributed by atoms with van der Waals surface area (Å²) >= 11 is 0. The Labute approximate surface area is 134 Å². The molecule has 0 aliphatic carbocycles. The molecule has 5 heteroatoms. The largest absolute Gasteiger partial charge is 0.350 e. The molecule has 2 aromatic rings. The Balaban J connectivity index is 2.02. The zero-order valence-corrected chi connectivity index (χ0v) is 13.1. The van der Waals surface area contributed by atoms with Gasteiger partial charge in [-0.25, -0.2) is 4.39 Å². The minimum Gasteiger partial charge on any atom is -0.350 e. The molecule has 0 heterocycles. The van der Waals surface area contributed by atoms with Crippen molar-refractivity contribution in [2.45, 2.75) is 26.4 Å². The fourth-order valence-electron chi connectivity index (χ4n) is 2.03. The van der Waals surface area contributed by atoms with E-state index in [2.05, 4.69) is 10.6 Å². The molecule has 0 atom stereocenters. The van der Waals surface area contributed by atoms with Crippen molar-refractivity contribution in [1.29, 1.82) is 0 Å².